The van der Waals surface area contributed by atoms with E-state index < -0.39 is 0 Å². The summed E-state index contributed by atoms with van der Waals surface area (Å²) in [5.74, 6) is 1.59. The SMILES string of the molecule is CC(CC(=O)N1CCN(c2ncc(C3CC3)cn2)CC1)OC[C@H](C)N. The summed E-state index contributed by atoms with van der Waals surface area (Å²) in [4.78, 5) is 25.4. The van der Waals surface area contributed by atoms with Crippen molar-refractivity contribution in [1.29, 1.82) is 0 Å². The summed E-state index contributed by atoms with van der Waals surface area (Å²) in [7, 11) is 0. The Bertz CT molecular complexity index is 565. The first-order valence-corrected chi connectivity index (χ1v) is 9.24. The minimum atomic E-state index is -0.102. The number of rotatable bonds is 7. The number of hydrogen-bond acceptors (Lipinski definition) is 6. The van der Waals surface area contributed by atoms with Crippen LogP contribution in [0.15, 0.2) is 12.4 Å². The highest BCUT2D eigenvalue weighted by molar-refractivity contribution is 5.77. The summed E-state index contributed by atoms with van der Waals surface area (Å²) in [5.41, 5.74) is 6.92. The Labute approximate surface area is 149 Å². The Morgan fingerprint density at radius 3 is 2.44 bits per heavy atom. The molecule has 3 rings (SSSR count). The molecule has 0 spiro atoms. The van der Waals surface area contributed by atoms with Gasteiger partial charge in [0.05, 0.1) is 19.1 Å². The van der Waals surface area contributed by atoms with Gasteiger partial charge in [-0.1, -0.05) is 0 Å². The number of nitrogens with two attached hydrogens (primary N) is 1. The first kappa shape index (κ1) is 18.1. The van der Waals surface area contributed by atoms with E-state index in [1.54, 1.807) is 0 Å². The van der Waals surface area contributed by atoms with Crippen LogP contribution in [0.1, 0.15) is 44.6 Å². The van der Waals surface area contributed by atoms with E-state index >= 15 is 0 Å². The van der Waals surface area contributed by atoms with Crippen molar-refractivity contribution < 1.29 is 9.53 Å². The van der Waals surface area contributed by atoms with Gasteiger partial charge >= 0.3 is 0 Å². The number of ether oxygens (including phenoxy) is 1. The van der Waals surface area contributed by atoms with Gasteiger partial charge in [0.2, 0.25) is 11.9 Å². The van der Waals surface area contributed by atoms with Gasteiger partial charge in [-0.3, -0.25) is 4.79 Å². The summed E-state index contributed by atoms with van der Waals surface area (Å²) in [6.07, 6.45) is 6.73. The fourth-order valence-corrected chi connectivity index (χ4v) is 3.03. The third-order valence-corrected chi connectivity index (χ3v) is 4.73. The second kappa shape index (κ2) is 8.10. The second-order valence-corrected chi connectivity index (χ2v) is 7.28. The van der Waals surface area contributed by atoms with Crippen LogP contribution in [0.25, 0.3) is 0 Å². The molecule has 1 aliphatic heterocycles. The van der Waals surface area contributed by atoms with Gasteiger partial charge in [-0.2, -0.15) is 0 Å². The van der Waals surface area contributed by atoms with Crippen LogP contribution in [-0.2, 0) is 9.53 Å². The smallest absolute Gasteiger partial charge is 0.225 e. The molecule has 2 heterocycles. The molecule has 25 heavy (non-hydrogen) atoms. The second-order valence-electron chi connectivity index (χ2n) is 7.28. The number of carbonyl (C=O) groups is 1. The van der Waals surface area contributed by atoms with E-state index in [2.05, 4.69) is 14.9 Å². The maximum absolute atomic E-state index is 12.4. The maximum atomic E-state index is 12.4. The number of amides is 1. The van der Waals surface area contributed by atoms with Gasteiger partial charge in [-0.25, -0.2) is 9.97 Å². The summed E-state index contributed by atoms with van der Waals surface area (Å²) < 4.78 is 5.59. The fraction of sp³-hybridized carbons (Fsp3) is 0.722. The van der Waals surface area contributed by atoms with Crippen molar-refractivity contribution in [2.75, 3.05) is 37.7 Å². The van der Waals surface area contributed by atoms with Crippen molar-refractivity contribution in [3.05, 3.63) is 18.0 Å². The number of nitrogens with zero attached hydrogens (tertiary/aromatic N) is 4. The minimum Gasteiger partial charge on any atom is -0.376 e. The van der Waals surface area contributed by atoms with Gasteiger partial charge in [-0.15, -0.1) is 0 Å². The molecule has 1 saturated carbocycles. The van der Waals surface area contributed by atoms with Crippen LogP contribution < -0.4 is 10.6 Å². The van der Waals surface area contributed by atoms with E-state index in [1.165, 1.54) is 18.4 Å². The molecular formula is C18H29N5O2. The van der Waals surface area contributed by atoms with Crippen molar-refractivity contribution in [3.8, 4) is 0 Å². The number of carbonyl (C=O) groups excluding carboxylic acids is 1. The van der Waals surface area contributed by atoms with Crippen molar-refractivity contribution in [3.63, 3.8) is 0 Å². The number of anilines is 1. The van der Waals surface area contributed by atoms with E-state index in [0.717, 1.165) is 19.0 Å². The highest BCUT2D eigenvalue weighted by atomic mass is 16.5. The number of piperazine rings is 1. The van der Waals surface area contributed by atoms with Crippen molar-refractivity contribution in [2.45, 2.75) is 51.2 Å². The first-order valence-electron chi connectivity index (χ1n) is 9.24. The Morgan fingerprint density at radius 2 is 1.88 bits per heavy atom. The van der Waals surface area contributed by atoms with Crippen LogP contribution in [-0.4, -0.2) is 65.7 Å². The molecule has 1 aliphatic carbocycles. The number of hydrogen-bond donors (Lipinski definition) is 1. The van der Waals surface area contributed by atoms with Crippen LogP contribution in [0.5, 0.6) is 0 Å². The molecule has 0 radical (unpaired) electrons. The highest BCUT2D eigenvalue weighted by Gasteiger charge is 2.26. The summed E-state index contributed by atoms with van der Waals surface area (Å²) in [6, 6.07) is -0.00704. The molecule has 2 N–H and O–H groups in total. The summed E-state index contributed by atoms with van der Waals surface area (Å²) >= 11 is 0. The average Bonchev–Trinajstić information content (AvgIpc) is 3.45. The third-order valence-electron chi connectivity index (χ3n) is 4.73. The van der Waals surface area contributed by atoms with Crippen LogP contribution in [0.2, 0.25) is 0 Å². The maximum Gasteiger partial charge on any atom is 0.225 e. The molecule has 2 aliphatic rings. The van der Waals surface area contributed by atoms with Crippen molar-refractivity contribution in [1.82, 2.24) is 14.9 Å². The van der Waals surface area contributed by atoms with E-state index in [4.69, 9.17) is 10.5 Å². The van der Waals surface area contributed by atoms with E-state index in [1.807, 2.05) is 31.1 Å². The standard InChI is InChI=1S/C18H29N5O2/c1-13(19)12-25-14(2)9-17(24)22-5-7-23(8-6-22)18-20-10-16(11-21-18)15-3-4-15/h10-11,13-15H,3-9,12,19H2,1-2H3/t13-,14?/m0/s1. The predicted octanol–water partition coefficient (Wildman–Crippen LogP) is 1.15. The summed E-state index contributed by atoms with van der Waals surface area (Å²) in [5, 5.41) is 0. The van der Waals surface area contributed by atoms with Gasteiger partial charge in [0.15, 0.2) is 0 Å². The molecule has 1 saturated heterocycles. The van der Waals surface area contributed by atoms with Crippen LogP contribution in [0, 0.1) is 0 Å². The molecule has 2 atom stereocenters. The molecule has 1 aromatic heterocycles. The molecule has 2 fully saturated rings. The van der Waals surface area contributed by atoms with Crippen LogP contribution >= 0.6 is 0 Å². The Balaban J connectivity index is 1.43. The fourth-order valence-electron chi connectivity index (χ4n) is 3.03. The molecule has 1 aromatic rings. The van der Waals surface area contributed by atoms with Gasteiger partial charge in [0.25, 0.3) is 0 Å². The van der Waals surface area contributed by atoms with Crippen molar-refractivity contribution >= 4 is 11.9 Å². The Morgan fingerprint density at radius 1 is 1.24 bits per heavy atom. The molecular weight excluding hydrogens is 318 g/mol. The lowest BCUT2D eigenvalue weighted by Gasteiger charge is -2.35. The van der Waals surface area contributed by atoms with Crippen LogP contribution in [0.3, 0.4) is 0 Å². The Hall–Kier alpha value is -1.73. The minimum absolute atomic E-state index is 0.00704. The van der Waals surface area contributed by atoms with E-state index in [-0.39, 0.29) is 18.1 Å². The quantitative estimate of drug-likeness (QED) is 0.796. The number of aromatic nitrogens is 2. The van der Waals surface area contributed by atoms with Crippen LogP contribution in [0.4, 0.5) is 5.95 Å². The molecule has 1 amide bonds. The average molecular weight is 347 g/mol. The zero-order valence-electron chi connectivity index (χ0n) is 15.2. The third kappa shape index (κ3) is 5.12. The normalized spacial score (nSPS) is 20.4. The molecule has 138 valence electrons. The molecule has 7 heteroatoms. The predicted molar refractivity (Wildman–Crippen MR) is 96.5 cm³/mol. The monoisotopic (exact) mass is 347 g/mol. The zero-order valence-corrected chi connectivity index (χ0v) is 15.2. The highest BCUT2D eigenvalue weighted by Crippen LogP contribution is 2.39. The van der Waals surface area contributed by atoms with Gasteiger partial charge in [0.1, 0.15) is 0 Å². The molecule has 0 aromatic carbocycles. The zero-order chi connectivity index (χ0) is 17.8. The lowest BCUT2D eigenvalue weighted by Crippen LogP contribution is -2.49. The summed E-state index contributed by atoms with van der Waals surface area (Å²) in [6.45, 7) is 7.24. The van der Waals surface area contributed by atoms with E-state index in [0.29, 0.717) is 32.0 Å². The molecule has 7 nitrogen and oxygen atoms in total. The van der Waals surface area contributed by atoms with E-state index in [9.17, 15) is 4.79 Å². The lowest BCUT2D eigenvalue weighted by molar-refractivity contribution is -0.134. The molecule has 0 bridgehead atoms. The lowest BCUT2D eigenvalue weighted by atomic mass is 10.2. The first-order chi connectivity index (χ1) is 12.0. The largest absolute Gasteiger partial charge is 0.376 e. The molecule has 1 unspecified atom stereocenters. The van der Waals surface area contributed by atoms with Gasteiger partial charge < -0.3 is 20.3 Å². The Kier molecular flexibility index (Phi) is 5.86. The van der Waals surface area contributed by atoms with Gasteiger partial charge in [-0.05, 0) is 38.2 Å². The van der Waals surface area contributed by atoms with Gasteiger partial charge in [0, 0.05) is 44.6 Å². The topological polar surface area (TPSA) is 84.6 Å². The van der Waals surface area contributed by atoms with Crippen molar-refractivity contribution in [2.24, 2.45) is 5.73 Å².